The largest absolute Gasteiger partial charge is 0.379 e. The van der Waals surface area contributed by atoms with E-state index in [0.29, 0.717) is 13.2 Å². The first-order valence-electron chi connectivity index (χ1n) is 6.80. The Hall–Kier alpha value is -1.59. The monoisotopic (exact) mass is 261 g/mol. The fourth-order valence-corrected chi connectivity index (χ4v) is 2.54. The zero-order chi connectivity index (χ0) is 13.1. The van der Waals surface area contributed by atoms with Crippen LogP contribution in [0.25, 0.3) is 0 Å². The van der Waals surface area contributed by atoms with Gasteiger partial charge in [-0.1, -0.05) is 18.2 Å². The lowest BCUT2D eigenvalue weighted by molar-refractivity contribution is -0.128. The van der Waals surface area contributed by atoms with Gasteiger partial charge in [0.1, 0.15) is 6.04 Å². The van der Waals surface area contributed by atoms with E-state index in [-0.39, 0.29) is 11.9 Å². The molecule has 2 aliphatic rings. The molecule has 5 heteroatoms. The third-order valence-corrected chi connectivity index (χ3v) is 3.65. The third-order valence-electron chi connectivity index (χ3n) is 3.65. The molecule has 19 heavy (non-hydrogen) atoms. The van der Waals surface area contributed by atoms with Crippen LogP contribution < -0.4 is 10.7 Å². The van der Waals surface area contributed by atoms with E-state index < -0.39 is 0 Å². The molecule has 0 spiro atoms. The number of fused-ring (bicyclic) bond motifs is 1. The maximum absolute atomic E-state index is 12.2. The van der Waals surface area contributed by atoms with E-state index in [2.05, 4.69) is 16.8 Å². The molecule has 1 unspecified atom stereocenters. The summed E-state index contributed by atoms with van der Waals surface area (Å²) >= 11 is 0. The van der Waals surface area contributed by atoms with E-state index in [4.69, 9.17) is 4.74 Å². The van der Waals surface area contributed by atoms with Crippen LogP contribution in [-0.2, 0) is 16.0 Å². The smallest absolute Gasteiger partial charge is 0.256 e. The van der Waals surface area contributed by atoms with E-state index in [1.807, 2.05) is 23.2 Å². The van der Waals surface area contributed by atoms with Gasteiger partial charge in [0.05, 0.1) is 13.2 Å². The minimum Gasteiger partial charge on any atom is -0.379 e. The van der Waals surface area contributed by atoms with Gasteiger partial charge in [-0.2, -0.15) is 0 Å². The molecule has 1 saturated heterocycles. The topological polar surface area (TPSA) is 53.6 Å². The second kappa shape index (κ2) is 5.59. The Morgan fingerprint density at radius 3 is 2.95 bits per heavy atom. The Morgan fingerprint density at radius 1 is 1.32 bits per heavy atom. The van der Waals surface area contributed by atoms with Crippen LogP contribution in [0.4, 0.5) is 5.69 Å². The van der Waals surface area contributed by atoms with Crippen LogP contribution in [0.5, 0.6) is 0 Å². The summed E-state index contributed by atoms with van der Waals surface area (Å²) in [5.41, 5.74) is 5.34. The summed E-state index contributed by atoms with van der Waals surface area (Å²) in [5.74, 6) is 0.0522. The highest BCUT2D eigenvalue weighted by Crippen LogP contribution is 2.24. The van der Waals surface area contributed by atoms with Gasteiger partial charge in [0.2, 0.25) is 0 Å². The molecule has 2 heterocycles. The minimum atomic E-state index is -0.141. The van der Waals surface area contributed by atoms with Crippen LogP contribution >= 0.6 is 0 Å². The van der Waals surface area contributed by atoms with Crippen LogP contribution in [0, 0.1) is 0 Å². The van der Waals surface area contributed by atoms with Crippen molar-refractivity contribution < 1.29 is 9.53 Å². The van der Waals surface area contributed by atoms with Crippen LogP contribution in [0.3, 0.4) is 0 Å². The predicted molar refractivity (Wildman–Crippen MR) is 72.7 cm³/mol. The normalized spacial score (nSPS) is 23.3. The van der Waals surface area contributed by atoms with Crippen molar-refractivity contribution >= 4 is 11.6 Å². The quantitative estimate of drug-likeness (QED) is 0.826. The van der Waals surface area contributed by atoms with Crippen molar-refractivity contribution in [3.05, 3.63) is 29.8 Å². The lowest BCUT2D eigenvalue weighted by atomic mass is 9.98. The van der Waals surface area contributed by atoms with Crippen LogP contribution in [0.1, 0.15) is 12.0 Å². The third kappa shape index (κ3) is 2.88. The van der Waals surface area contributed by atoms with Crippen molar-refractivity contribution in [2.24, 2.45) is 0 Å². The summed E-state index contributed by atoms with van der Waals surface area (Å²) < 4.78 is 5.26. The van der Waals surface area contributed by atoms with E-state index >= 15 is 0 Å². The summed E-state index contributed by atoms with van der Waals surface area (Å²) in [4.78, 5) is 12.2. The highest BCUT2D eigenvalue weighted by atomic mass is 16.5. The molecule has 0 aromatic heterocycles. The first-order chi connectivity index (χ1) is 9.33. The number of rotatable bonds is 2. The number of carbonyl (C=O) groups is 1. The van der Waals surface area contributed by atoms with E-state index in [1.165, 1.54) is 5.56 Å². The van der Waals surface area contributed by atoms with E-state index in [1.54, 1.807) is 0 Å². The number of hydrazine groups is 1. The number of anilines is 1. The number of morpholine rings is 1. The molecule has 3 rings (SSSR count). The molecule has 0 radical (unpaired) electrons. The average Bonchev–Trinajstić information content (AvgIpc) is 2.48. The van der Waals surface area contributed by atoms with Crippen molar-refractivity contribution in [1.82, 2.24) is 10.4 Å². The number of hydrogen-bond donors (Lipinski definition) is 2. The van der Waals surface area contributed by atoms with Gasteiger partial charge < -0.3 is 10.1 Å². The molecule has 2 N–H and O–H groups in total. The number of ether oxygens (including phenoxy) is 1. The number of para-hydroxylation sites is 1. The van der Waals surface area contributed by atoms with E-state index in [9.17, 15) is 4.79 Å². The Labute approximate surface area is 112 Å². The van der Waals surface area contributed by atoms with Gasteiger partial charge in [-0.3, -0.25) is 10.2 Å². The number of aryl methyl sites for hydroxylation is 1. The number of nitrogens with one attached hydrogen (secondary N) is 2. The summed E-state index contributed by atoms with van der Waals surface area (Å²) in [6.45, 7) is 2.88. The molecular formula is C14H19N3O2. The highest BCUT2D eigenvalue weighted by Gasteiger charge is 2.25. The molecule has 0 bridgehead atoms. The Bertz CT molecular complexity index is 458. The molecular weight excluding hydrogens is 242 g/mol. The summed E-state index contributed by atoms with van der Waals surface area (Å²) in [5, 5.41) is 5.25. The molecule has 1 atom stereocenters. The standard InChI is InChI=1S/C14H19N3O2/c18-14(16-17-7-9-19-10-8-17)13-6-5-11-3-1-2-4-12(11)15-13/h1-4,13,15H,5-10H2,(H,16,18). The maximum atomic E-state index is 12.2. The number of carbonyl (C=O) groups excluding carboxylic acids is 1. The second-order valence-electron chi connectivity index (χ2n) is 4.97. The highest BCUT2D eigenvalue weighted by molar-refractivity contribution is 5.85. The number of benzene rings is 1. The Kier molecular flexibility index (Phi) is 3.66. The van der Waals surface area contributed by atoms with Crippen molar-refractivity contribution in [2.75, 3.05) is 31.6 Å². The van der Waals surface area contributed by atoms with Crippen LogP contribution in [0.2, 0.25) is 0 Å². The van der Waals surface area contributed by atoms with Crippen LogP contribution in [-0.4, -0.2) is 43.3 Å². The molecule has 0 aliphatic carbocycles. The fraction of sp³-hybridized carbons (Fsp3) is 0.500. The number of nitrogens with zero attached hydrogens (tertiary/aromatic N) is 1. The molecule has 1 amide bonds. The molecule has 1 aromatic rings. The van der Waals surface area contributed by atoms with Gasteiger partial charge >= 0.3 is 0 Å². The average molecular weight is 261 g/mol. The first-order valence-corrected chi connectivity index (χ1v) is 6.80. The molecule has 5 nitrogen and oxygen atoms in total. The number of hydrogen-bond acceptors (Lipinski definition) is 4. The summed E-state index contributed by atoms with van der Waals surface area (Å²) in [6.07, 6.45) is 1.79. The zero-order valence-electron chi connectivity index (χ0n) is 10.9. The molecule has 1 fully saturated rings. The molecule has 102 valence electrons. The molecule has 2 aliphatic heterocycles. The van der Waals surface area contributed by atoms with Gasteiger partial charge in [0, 0.05) is 18.8 Å². The van der Waals surface area contributed by atoms with Crippen molar-refractivity contribution in [3.8, 4) is 0 Å². The Morgan fingerprint density at radius 2 is 2.11 bits per heavy atom. The van der Waals surface area contributed by atoms with Crippen molar-refractivity contribution in [1.29, 1.82) is 0 Å². The summed E-state index contributed by atoms with van der Waals surface area (Å²) in [7, 11) is 0. The number of amides is 1. The lowest BCUT2D eigenvalue weighted by Crippen LogP contribution is -2.53. The second-order valence-corrected chi connectivity index (χ2v) is 4.97. The van der Waals surface area contributed by atoms with Crippen molar-refractivity contribution in [3.63, 3.8) is 0 Å². The zero-order valence-corrected chi connectivity index (χ0v) is 10.9. The molecule has 0 saturated carbocycles. The van der Waals surface area contributed by atoms with Gasteiger partial charge in [0.25, 0.3) is 5.91 Å². The van der Waals surface area contributed by atoms with Gasteiger partial charge in [-0.15, -0.1) is 0 Å². The molecule has 1 aromatic carbocycles. The van der Waals surface area contributed by atoms with Crippen molar-refractivity contribution in [2.45, 2.75) is 18.9 Å². The predicted octanol–water partition coefficient (Wildman–Crippen LogP) is 0.777. The fourth-order valence-electron chi connectivity index (χ4n) is 2.54. The summed E-state index contributed by atoms with van der Waals surface area (Å²) in [6, 6.07) is 8.03. The first kappa shape index (κ1) is 12.4. The van der Waals surface area contributed by atoms with Gasteiger partial charge in [0.15, 0.2) is 0 Å². The van der Waals surface area contributed by atoms with Gasteiger partial charge in [-0.05, 0) is 24.5 Å². The maximum Gasteiger partial charge on any atom is 0.256 e. The lowest BCUT2D eigenvalue weighted by Gasteiger charge is -2.31. The van der Waals surface area contributed by atoms with Gasteiger partial charge in [-0.25, -0.2) is 5.01 Å². The SMILES string of the molecule is O=C(NN1CCOCC1)C1CCc2ccccc2N1. The van der Waals surface area contributed by atoms with Crippen LogP contribution in [0.15, 0.2) is 24.3 Å². The Balaban J connectivity index is 1.59. The minimum absolute atomic E-state index is 0.0522. The van der Waals surface area contributed by atoms with E-state index in [0.717, 1.165) is 31.6 Å².